The van der Waals surface area contributed by atoms with Gasteiger partial charge in [0.05, 0.1) is 19.0 Å². The smallest absolute Gasteiger partial charge is 0.341 e. The number of fused-ring (bicyclic) bond motifs is 1. The van der Waals surface area contributed by atoms with E-state index in [4.69, 9.17) is 32.7 Å². The lowest BCUT2D eigenvalue weighted by Gasteiger charge is -2.12. The van der Waals surface area contributed by atoms with Crippen molar-refractivity contribution in [1.82, 2.24) is 14.6 Å². The van der Waals surface area contributed by atoms with Gasteiger partial charge in [-0.1, -0.05) is 53.5 Å². The second kappa shape index (κ2) is 8.11. The van der Waals surface area contributed by atoms with Gasteiger partial charge in [-0.2, -0.15) is 5.10 Å². The van der Waals surface area contributed by atoms with Crippen molar-refractivity contribution in [3.8, 4) is 17.0 Å². The Morgan fingerprint density at radius 3 is 2.48 bits per heavy atom. The molecule has 4 rings (SSSR count). The summed E-state index contributed by atoms with van der Waals surface area (Å²) in [5.41, 5.74) is 3.17. The van der Waals surface area contributed by atoms with Crippen LogP contribution < -0.4 is 4.74 Å². The molecule has 0 N–H and O–H groups in total. The van der Waals surface area contributed by atoms with E-state index in [1.54, 1.807) is 22.7 Å². The molecule has 0 aliphatic rings. The largest absolute Gasteiger partial charge is 0.487 e. The first-order valence-electron chi connectivity index (χ1n) is 8.66. The molecule has 0 bridgehead atoms. The minimum absolute atomic E-state index is 0.255. The lowest BCUT2D eigenvalue weighted by atomic mass is 10.1. The van der Waals surface area contributed by atoms with Crippen molar-refractivity contribution < 1.29 is 14.3 Å². The molecule has 0 radical (unpaired) electrons. The Morgan fingerprint density at radius 2 is 1.79 bits per heavy atom. The zero-order chi connectivity index (χ0) is 20.4. The van der Waals surface area contributed by atoms with Gasteiger partial charge in [0.25, 0.3) is 0 Å². The molecule has 0 fully saturated rings. The molecular formula is C21H15Cl2N3O3. The molecule has 0 saturated heterocycles. The number of aromatic nitrogens is 3. The van der Waals surface area contributed by atoms with Gasteiger partial charge in [0, 0.05) is 5.56 Å². The maximum absolute atomic E-state index is 12.3. The molecule has 0 unspecified atom stereocenters. The molecule has 3 aromatic heterocycles. The topological polar surface area (TPSA) is 65.7 Å². The molecule has 8 heteroatoms. The number of rotatable bonds is 5. The van der Waals surface area contributed by atoms with Crippen LogP contribution in [0, 0.1) is 0 Å². The van der Waals surface area contributed by atoms with Gasteiger partial charge >= 0.3 is 5.97 Å². The van der Waals surface area contributed by atoms with Gasteiger partial charge in [0.15, 0.2) is 0 Å². The lowest BCUT2D eigenvalue weighted by molar-refractivity contribution is 0.0602. The predicted molar refractivity (Wildman–Crippen MR) is 111 cm³/mol. The number of halogens is 2. The second-order valence-corrected chi connectivity index (χ2v) is 6.94. The number of hydrogen-bond acceptors (Lipinski definition) is 5. The van der Waals surface area contributed by atoms with Crippen LogP contribution >= 0.6 is 23.2 Å². The summed E-state index contributed by atoms with van der Waals surface area (Å²) in [6.45, 7) is 0.342. The van der Waals surface area contributed by atoms with Crippen LogP contribution in [0.3, 0.4) is 0 Å². The molecule has 0 amide bonds. The van der Waals surface area contributed by atoms with Gasteiger partial charge < -0.3 is 9.47 Å². The van der Waals surface area contributed by atoms with Crippen LogP contribution in [-0.2, 0) is 11.3 Å². The molecule has 0 spiro atoms. The van der Waals surface area contributed by atoms with Crippen LogP contribution in [0.2, 0.25) is 10.3 Å². The number of hydrogen-bond donors (Lipinski definition) is 0. The van der Waals surface area contributed by atoms with E-state index >= 15 is 0 Å². The quantitative estimate of drug-likeness (QED) is 0.328. The third kappa shape index (κ3) is 3.90. The first kappa shape index (κ1) is 19.2. The molecule has 6 nitrogen and oxygen atoms in total. The molecule has 0 aliphatic carbocycles. The van der Waals surface area contributed by atoms with Crippen molar-refractivity contribution >= 4 is 34.7 Å². The average Bonchev–Trinajstić information content (AvgIpc) is 3.17. The highest BCUT2D eigenvalue weighted by molar-refractivity contribution is 6.32. The zero-order valence-electron chi connectivity index (χ0n) is 15.3. The Kier molecular flexibility index (Phi) is 5.38. The van der Waals surface area contributed by atoms with Crippen LogP contribution in [-0.4, -0.2) is 27.7 Å². The zero-order valence-corrected chi connectivity index (χ0v) is 16.8. The van der Waals surface area contributed by atoms with Gasteiger partial charge in [-0.15, -0.1) is 0 Å². The van der Waals surface area contributed by atoms with Crippen molar-refractivity contribution in [2.75, 3.05) is 7.11 Å². The third-order valence-electron chi connectivity index (χ3n) is 4.32. The van der Waals surface area contributed by atoms with Crippen molar-refractivity contribution in [3.05, 3.63) is 82.2 Å². The van der Waals surface area contributed by atoms with Crippen molar-refractivity contribution in [2.24, 2.45) is 0 Å². The number of methoxy groups -OCH3 is 1. The molecule has 1 aromatic carbocycles. The van der Waals surface area contributed by atoms with E-state index in [1.165, 1.54) is 13.3 Å². The fourth-order valence-corrected chi connectivity index (χ4v) is 3.48. The summed E-state index contributed by atoms with van der Waals surface area (Å²) in [4.78, 5) is 16.3. The molecule has 4 aromatic rings. The standard InChI is InChI=1S/C21H15Cl2N3O3/c1-28-21(27)15-11-24-26-16(14-9-18(22)25-19(23)10-14)7-8-17(20(15)26)29-12-13-5-3-2-4-6-13/h2-11H,12H2,1H3. The number of nitrogens with zero attached hydrogens (tertiary/aromatic N) is 3. The van der Waals surface area contributed by atoms with Crippen molar-refractivity contribution in [2.45, 2.75) is 6.61 Å². The maximum Gasteiger partial charge on any atom is 0.341 e. The summed E-state index contributed by atoms with van der Waals surface area (Å²) < 4.78 is 12.5. The number of benzene rings is 1. The highest BCUT2D eigenvalue weighted by atomic mass is 35.5. The van der Waals surface area contributed by atoms with E-state index in [9.17, 15) is 4.79 Å². The molecule has 0 atom stereocenters. The van der Waals surface area contributed by atoms with E-state index < -0.39 is 5.97 Å². The SMILES string of the molecule is COC(=O)c1cnn2c(-c3cc(Cl)nc(Cl)c3)ccc(OCc3ccccc3)c12. The highest BCUT2D eigenvalue weighted by Crippen LogP contribution is 2.32. The summed E-state index contributed by atoms with van der Waals surface area (Å²) in [5, 5.41) is 4.88. The molecule has 29 heavy (non-hydrogen) atoms. The predicted octanol–water partition coefficient (Wildman–Crippen LogP) is 5.07. The van der Waals surface area contributed by atoms with Gasteiger partial charge in [0.1, 0.15) is 33.7 Å². The Hall–Kier alpha value is -3.09. The first-order valence-corrected chi connectivity index (χ1v) is 9.41. The Morgan fingerprint density at radius 1 is 1.07 bits per heavy atom. The highest BCUT2D eigenvalue weighted by Gasteiger charge is 2.20. The van der Waals surface area contributed by atoms with Crippen LogP contribution in [0.1, 0.15) is 15.9 Å². The number of ether oxygens (including phenoxy) is 2. The van der Waals surface area contributed by atoms with E-state index in [-0.39, 0.29) is 10.3 Å². The minimum atomic E-state index is -0.507. The fourth-order valence-electron chi connectivity index (χ4n) is 3.01. The Labute approximate surface area is 176 Å². The van der Waals surface area contributed by atoms with E-state index in [0.717, 1.165) is 5.56 Å². The summed E-state index contributed by atoms with van der Waals surface area (Å²) in [7, 11) is 1.32. The summed E-state index contributed by atoms with van der Waals surface area (Å²) in [6.07, 6.45) is 1.45. The average molecular weight is 428 g/mol. The number of esters is 1. The summed E-state index contributed by atoms with van der Waals surface area (Å²) in [6, 6.07) is 16.7. The van der Waals surface area contributed by atoms with Gasteiger partial charge in [-0.05, 0) is 29.8 Å². The maximum atomic E-state index is 12.3. The molecule has 3 heterocycles. The molecule has 0 saturated carbocycles. The van der Waals surface area contributed by atoms with Gasteiger partial charge in [-0.25, -0.2) is 14.3 Å². The second-order valence-electron chi connectivity index (χ2n) is 6.17. The van der Waals surface area contributed by atoms with E-state index in [0.29, 0.717) is 34.7 Å². The van der Waals surface area contributed by atoms with E-state index in [1.807, 2.05) is 36.4 Å². The lowest BCUT2D eigenvalue weighted by Crippen LogP contribution is -2.04. The van der Waals surface area contributed by atoms with Crippen molar-refractivity contribution in [1.29, 1.82) is 0 Å². The molecule has 0 aliphatic heterocycles. The Bertz CT molecular complexity index is 1170. The van der Waals surface area contributed by atoms with Crippen LogP contribution in [0.25, 0.3) is 16.8 Å². The summed E-state index contributed by atoms with van der Waals surface area (Å²) >= 11 is 12.1. The third-order valence-corrected chi connectivity index (χ3v) is 4.71. The Balaban J connectivity index is 1.84. The van der Waals surface area contributed by atoms with Gasteiger partial charge in [-0.3, -0.25) is 0 Å². The van der Waals surface area contributed by atoms with Crippen LogP contribution in [0.5, 0.6) is 5.75 Å². The normalized spacial score (nSPS) is 10.9. The molecule has 146 valence electrons. The monoisotopic (exact) mass is 427 g/mol. The molecular weight excluding hydrogens is 413 g/mol. The van der Waals surface area contributed by atoms with E-state index in [2.05, 4.69) is 10.1 Å². The van der Waals surface area contributed by atoms with Crippen molar-refractivity contribution in [3.63, 3.8) is 0 Å². The van der Waals surface area contributed by atoms with Crippen LogP contribution in [0.4, 0.5) is 0 Å². The fraction of sp³-hybridized carbons (Fsp3) is 0.0952. The van der Waals surface area contributed by atoms with Gasteiger partial charge in [0.2, 0.25) is 0 Å². The van der Waals surface area contributed by atoms with Crippen LogP contribution in [0.15, 0.2) is 60.8 Å². The minimum Gasteiger partial charge on any atom is -0.487 e. The summed E-state index contributed by atoms with van der Waals surface area (Å²) in [5.74, 6) is -0.00532. The number of carbonyl (C=O) groups excluding carboxylic acids is 1. The number of pyridine rings is 2. The number of carbonyl (C=O) groups is 1. The first-order chi connectivity index (χ1) is 14.1.